The normalized spacial score (nSPS) is 23.6. The third-order valence-corrected chi connectivity index (χ3v) is 2.31. The summed E-state index contributed by atoms with van der Waals surface area (Å²) in [4.78, 5) is 10.6. The van der Waals surface area contributed by atoms with E-state index in [0.29, 0.717) is 12.5 Å². The summed E-state index contributed by atoms with van der Waals surface area (Å²) in [5.41, 5.74) is 0. The lowest BCUT2D eigenvalue weighted by molar-refractivity contribution is -0.141. The zero-order chi connectivity index (χ0) is 10.4. The minimum atomic E-state index is -0.879. The number of aliphatic carboxylic acids is 1. The molecule has 1 aliphatic rings. The van der Waals surface area contributed by atoms with Gasteiger partial charge in [-0.3, -0.25) is 4.79 Å². The van der Waals surface area contributed by atoms with Crippen molar-refractivity contribution in [1.82, 2.24) is 5.32 Å². The van der Waals surface area contributed by atoms with E-state index in [-0.39, 0.29) is 6.61 Å². The highest BCUT2D eigenvalue weighted by atomic mass is 16.5. The SMILES string of the molecule is CNC(COCC1CCOC1)C(=O)O. The van der Waals surface area contributed by atoms with Gasteiger partial charge in [-0.05, 0) is 13.5 Å². The number of carboxylic acid groups (broad SMARTS) is 1. The molecular weight excluding hydrogens is 186 g/mol. The average Bonchev–Trinajstić information content (AvgIpc) is 2.64. The monoisotopic (exact) mass is 203 g/mol. The summed E-state index contributed by atoms with van der Waals surface area (Å²) in [5.74, 6) is -0.448. The number of likely N-dealkylation sites (N-methyl/N-ethyl adjacent to an activating group) is 1. The molecule has 5 nitrogen and oxygen atoms in total. The van der Waals surface area contributed by atoms with Crippen LogP contribution >= 0.6 is 0 Å². The molecule has 1 aliphatic heterocycles. The molecule has 0 aromatic heterocycles. The van der Waals surface area contributed by atoms with E-state index >= 15 is 0 Å². The highest BCUT2D eigenvalue weighted by molar-refractivity contribution is 5.73. The van der Waals surface area contributed by atoms with Crippen molar-refractivity contribution < 1.29 is 19.4 Å². The maximum Gasteiger partial charge on any atom is 0.323 e. The Kier molecular flexibility index (Phi) is 4.86. The first kappa shape index (κ1) is 11.4. The quantitative estimate of drug-likeness (QED) is 0.621. The molecule has 0 saturated carbocycles. The van der Waals surface area contributed by atoms with E-state index in [1.807, 2.05) is 0 Å². The minimum absolute atomic E-state index is 0.211. The number of carboxylic acids is 1. The first-order valence-corrected chi connectivity index (χ1v) is 4.79. The third kappa shape index (κ3) is 3.61. The second-order valence-electron chi connectivity index (χ2n) is 3.45. The number of carbonyl (C=O) groups is 1. The number of nitrogens with one attached hydrogen (secondary N) is 1. The van der Waals surface area contributed by atoms with E-state index in [1.54, 1.807) is 7.05 Å². The Bertz CT molecular complexity index is 180. The molecule has 0 amide bonds. The molecule has 0 aromatic carbocycles. The average molecular weight is 203 g/mol. The summed E-state index contributed by atoms with van der Waals surface area (Å²) < 4.78 is 10.5. The lowest BCUT2D eigenvalue weighted by Crippen LogP contribution is -2.38. The van der Waals surface area contributed by atoms with Gasteiger partial charge in [0.15, 0.2) is 0 Å². The van der Waals surface area contributed by atoms with E-state index in [0.717, 1.165) is 19.6 Å². The molecule has 2 N–H and O–H groups in total. The molecular formula is C9H17NO4. The highest BCUT2D eigenvalue weighted by Crippen LogP contribution is 2.12. The van der Waals surface area contributed by atoms with E-state index in [4.69, 9.17) is 14.6 Å². The Morgan fingerprint density at radius 1 is 1.79 bits per heavy atom. The van der Waals surface area contributed by atoms with Crippen LogP contribution in [0.1, 0.15) is 6.42 Å². The third-order valence-electron chi connectivity index (χ3n) is 2.31. The van der Waals surface area contributed by atoms with Gasteiger partial charge in [0.25, 0.3) is 0 Å². The van der Waals surface area contributed by atoms with E-state index in [2.05, 4.69) is 5.32 Å². The van der Waals surface area contributed by atoms with Gasteiger partial charge < -0.3 is 19.9 Å². The summed E-state index contributed by atoms with van der Waals surface area (Å²) >= 11 is 0. The summed E-state index contributed by atoms with van der Waals surface area (Å²) in [6, 6.07) is -0.614. The first-order valence-electron chi connectivity index (χ1n) is 4.79. The van der Waals surface area contributed by atoms with Crippen LogP contribution in [0.15, 0.2) is 0 Å². The van der Waals surface area contributed by atoms with Crippen molar-refractivity contribution in [2.24, 2.45) is 5.92 Å². The van der Waals surface area contributed by atoms with Gasteiger partial charge in [-0.15, -0.1) is 0 Å². The molecule has 2 unspecified atom stereocenters. The predicted octanol–water partition coefficient (Wildman–Crippen LogP) is -0.288. The van der Waals surface area contributed by atoms with Crippen molar-refractivity contribution in [3.63, 3.8) is 0 Å². The van der Waals surface area contributed by atoms with Crippen LogP contribution in [-0.2, 0) is 14.3 Å². The Balaban J connectivity index is 2.09. The fraction of sp³-hybridized carbons (Fsp3) is 0.889. The number of hydrogen-bond donors (Lipinski definition) is 2. The fourth-order valence-electron chi connectivity index (χ4n) is 1.35. The molecule has 1 saturated heterocycles. The molecule has 0 aromatic rings. The van der Waals surface area contributed by atoms with E-state index in [1.165, 1.54) is 0 Å². The Labute approximate surface area is 83.4 Å². The van der Waals surface area contributed by atoms with Gasteiger partial charge in [-0.25, -0.2) is 0 Å². The van der Waals surface area contributed by atoms with Gasteiger partial charge >= 0.3 is 5.97 Å². The lowest BCUT2D eigenvalue weighted by atomic mass is 10.1. The lowest BCUT2D eigenvalue weighted by Gasteiger charge is -2.13. The molecule has 5 heteroatoms. The van der Waals surface area contributed by atoms with Crippen molar-refractivity contribution in [2.45, 2.75) is 12.5 Å². The molecule has 14 heavy (non-hydrogen) atoms. The van der Waals surface area contributed by atoms with Crippen molar-refractivity contribution in [2.75, 3.05) is 33.5 Å². The molecule has 0 aliphatic carbocycles. The largest absolute Gasteiger partial charge is 0.480 e. The van der Waals surface area contributed by atoms with Gasteiger partial charge in [-0.1, -0.05) is 0 Å². The van der Waals surface area contributed by atoms with Crippen LogP contribution in [0.4, 0.5) is 0 Å². The molecule has 82 valence electrons. The summed E-state index contributed by atoms with van der Waals surface area (Å²) in [6.07, 6.45) is 1.01. The van der Waals surface area contributed by atoms with Crippen LogP contribution < -0.4 is 5.32 Å². The zero-order valence-corrected chi connectivity index (χ0v) is 8.36. The zero-order valence-electron chi connectivity index (χ0n) is 8.36. The molecule has 1 heterocycles. The molecule has 0 radical (unpaired) electrons. The molecule has 2 atom stereocenters. The van der Waals surface area contributed by atoms with Gasteiger partial charge in [-0.2, -0.15) is 0 Å². The topological polar surface area (TPSA) is 67.8 Å². The summed E-state index contributed by atoms with van der Waals surface area (Å²) in [7, 11) is 1.61. The van der Waals surface area contributed by atoms with Gasteiger partial charge in [0.05, 0.1) is 19.8 Å². The van der Waals surface area contributed by atoms with Crippen LogP contribution in [0.3, 0.4) is 0 Å². The highest BCUT2D eigenvalue weighted by Gasteiger charge is 2.18. The van der Waals surface area contributed by atoms with Crippen LogP contribution in [0.2, 0.25) is 0 Å². The predicted molar refractivity (Wildman–Crippen MR) is 50.2 cm³/mol. The molecule has 0 spiro atoms. The van der Waals surface area contributed by atoms with E-state index in [9.17, 15) is 4.79 Å². The minimum Gasteiger partial charge on any atom is -0.480 e. The molecule has 1 fully saturated rings. The standard InChI is InChI=1S/C9H17NO4/c1-10-8(9(11)12)6-14-5-7-2-3-13-4-7/h7-8,10H,2-6H2,1H3,(H,11,12). The molecule has 1 rings (SSSR count). The van der Waals surface area contributed by atoms with Gasteiger partial charge in [0, 0.05) is 12.5 Å². The van der Waals surface area contributed by atoms with Crippen molar-refractivity contribution in [3.05, 3.63) is 0 Å². The van der Waals surface area contributed by atoms with Gasteiger partial charge in [0.2, 0.25) is 0 Å². The van der Waals surface area contributed by atoms with Crippen molar-refractivity contribution >= 4 is 5.97 Å². The summed E-state index contributed by atoms with van der Waals surface area (Å²) in [6.45, 7) is 2.33. The Morgan fingerprint density at radius 2 is 2.57 bits per heavy atom. The maximum absolute atomic E-state index is 10.6. The van der Waals surface area contributed by atoms with Crippen LogP contribution in [0, 0.1) is 5.92 Å². The smallest absolute Gasteiger partial charge is 0.323 e. The Morgan fingerprint density at radius 3 is 3.07 bits per heavy atom. The fourth-order valence-corrected chi connectivity index (χ4v) is 1.35. The van der Waals surface area contributed by atoms with Crippen molar-refractivity contribution in [3.8, 4) is 0 Å². The van der Waals surface area contributed by atoms with Crippen LogP contribution in [-0.4, -0.2) is 50.6 Å². The van der Waals surface area contributed by atoms with E-state index < -0.39 is 12.0 Å². The number of rotatable bonds is 6. The maximum atomic E-state index is 10.6. The van der Waals surface area contributed by atoms with Crippen LogP contribution in [0.25, 0.3) is 0 Å². The van der Waals surface area contributed by atoms with Gasteiger partial charge in [0.1, 0.15) is 6.04 Å². The second kappa shape index (κ2) is 5.95. The van der Waals surface area contributed by atoms with Crippen LogP contribution in [0.5, 0.6) is 0 Å². The number of hydrogen-bond acceptors (Lipinski definition) is 4. The molecule has 0 bridgehead atoms. The first-order chi connectivity index (χ1) is 6.74. The van der Waals surface area contributed by atoms with Crippen molar-refractivity contribution in [1.29, 1.82) is 0 Å². The summed E-state index contributed by atoms with van der Waals surface area (Å²) in [5, 5.41) is 11.4. The number of ether oxygens (including phenoxy) is 2. The second-order valence-corrected chi connectivity index (χ2v) is 3.45. The Hall–Kier alpha value is -0.650.